The monoisotopic (exact) mass is 301 g/mol. The predicted molar refractivity (Wildman–Crippen MR) is 82.4 cm³/mol. The highest BCUT2D eigenvalue weighted by Crippen LogP contribution is 2.13. The third kappa shape index (κ3) is 3.86. The molecule has 0 saturated carbocycles. The number of benzene rings is 2. The maximum absolute atomic E-state index is 12.0. The first kappa shape index (κ1) is 15.1. The largest absolute Gasteiger partial charge is 0.295 e. The second-order valence-electron chi connectivity index (χ2n) is 4.70. The Balaban J connectivity index is 2.23. The van der Waals surface area contributed by atoms with E-state index >= 15 is 0 Å². The van der Waals surface area contributed by atoms with Crippen LogP contribution in [0.2, 0.25) is 0 Å². The molecule has 5 heteroatoms. The second-order valence-corrected chi connectivity index (χ2v) is 6.33. The first-order valence-electron chi connectivity index (χ1n) is 6.36. The number of carbonyl (C=O) groups is 1. The van der Waals surface area contributed by atoms with Gasteiger partial charge in [0.05, 0.1) is 4.90 Å². The van der Waals surface area contributed by atoms with E-state index in [1.807, 2.05) is 6.92 Å². The number of nitrogens with zero attached hydrogens (tertiary/aromatic N) is 1. The quantitative estimate of drug-likeness (QED) is 0.644. The first-order valence-corrected chi connectivity index (χ1v) is 7.80. The number of carbonyl (C=O) groups excluding carboxylic acids is 1. The van der Waals surface area contributed by atoms with Gasteiger partial charge in [-0.15, -0.1) is 0 Å². The van der Waals surface area contributed by atoms with Gasteiger partial charge in [0.25, 0.3) is 10.0 Å². The third-order valence-electron chi connectivity index (χ3n) is 2.98. The van der Waals surface area contributed by atoms with Gasteiger partial charge in [0.15, 0.2) is 5.78 Å². The highest BCUT2D eigenvalue weighted by Gasteiger charge is 2.10. The molecule has 0 aliphatic carbocycles. The summed E-state index contributed by atoms with van der Waals surface area (Å²) < 4.78 is 27.7. The van der Waals surface area contributed by atoms with Gasteiger partial charge in [0.1, 0.15) is 0 Å². The van der Waals surface area contributed by atoms with Gasteiger partial charge in [-0.05, 0) is 31.5 Å². The standard InChI is InChI=1S/C16H15NO3S/c1-12-3-9-16(10-4-12)21(19,20)17-11-14-5-7-15(8-6-14)13(2)18/h3-11H,1-2H3/b17-11+. The number of rotatable bonds is 4. The lowest BCUT2D eigenvalue weighted by molar-refractivity contribution is 0.101. The van der Waals surface area contributed by atoms with Crippen LogP contribution in [0.5, 0.6) is 0 Å². The first-order chi connectivity index (χ1) is 9.88. The number of aryl methyl sites for hydroxylation is 1. The Kier molecular flexibility index (Phi) is 4.33. The molecule has 0 aliphatic rings. The third-order valence-corrected chi connectivity index (χ3v) is 4.23. The fourth-order valence-electron chi connectivity index (χ4n) is 1.71. The molecule has 108 valence electrons. The smallest absolute Gasteiger partial charge is 0.282 e. The highest BCUT2D eigenvalue weighted by atomic mass is 32.2. The fraction of sp³-hybridized carbons (Fsp3) is 0.125. The van der Waals surface area contributed by atoms with Crippen molar-refractivity contribution in [2.24, 2.45) is 4.40 Å². The van der Waals surface area contributed by atoms with Crippen molar-refractivity contribution in [1.29, 1.82) is 0 Å². The van der Waals surface area contributed by atoms with E-state index in [-0.39, 0.29) is 10.7 Å². The predicted octanol–water partition coefficient (Wildman–Crippen LogP) is 3.01. The number of sulfonamides is 1. The van der Waals surface area contributed by atoms with E-state index in [1.165, 1.54) is 25.3 Å². The molecular weight excluding hydrogens is 286 g/mol. The molecule has 0 N–H and O–H groups in total. The molecule has 4 nitrogen and oxygen atoms in total. The minimum Gasteiger partial charge on any atom is -0.295 e. The van der Waals surface area contributed by atoms with Crippen LogP contribution in [0, 0.1) is 6.92 Å². The zero-order valence-electron chi connectivity index (χ0n) is 11.8. The topological polar surface area (TPSA) is 63.6 Å². The van der Waals surface area contributed by atoms with Crippen LogP contribution in [0.4, 0.5) is 0 Å². The van der Waals surface area contributed by atoms with Gasteiger partial charge < -0.3 is 0 Å². The van der Waals surface area contributed by atoms with E-state index in [2.05, 4.69) is 4.40 Å². The number of hydrogen-bond donors (Lipinski definition) is 0. The van der Waals surface area contributed by atoms with Crippen LogP contribution in [-0.4, -0.2) is 20.4 Å². The van der Waals surface area contributed by atoms with Gasteiger partial charge in [-0.25, -0.2) is 0 Å². The zero-order valence-corrected chi connectivity index (χ0v) is 12.6. The van der Waals surface area contributed by atoms with Crippen LogP contribution in [0.3, 0.4) is 0 Å². The number of Topliss-reactive ketones (excluding diaryl/α,β-unsaturated/α-hetero) is 1. The summed E-state index contributed by atoms with van der Waals surface area (Å²) in [6.45, 7) is 3.36. The Hall–Kier alpha value is -2.27. The van der Waals surface area contributed by atoms with E-state index in [1.54, 1.807) is 36.4 Å². The van der Waals surface area contributed by atoms with Crippen molar-refractivity contribution in [3.63, 3.8) is 0 Å². The summed E-state index contributed by atoms with van der Waals surface area (Å²) in [4.78, 5) is 11.3. The molecule has 0 unspecified atom stereocenters. The molecule has 0 saturated heterocycles. The molecule has 0 aromatic heterocycles. The maximum atomic E-state index is 12.0. The summed E-state index contributed by atoms with van der Waals surface area (Å²) >= 11 is 0. The average molecular weight is 301 g/mol. The second kappa shape index (κ2) is 6.01. The van der Waals surface area contributed by atoms with Crippen LogP contribution in [-0.2, 0) is 10.0 Å². The Morgan fingerprint density at radius 1 is 1.00 bits per heavy atom. The molecule has 21 heavy (non-hydrogen) atoms. The molecule has 2 aromatic rings. The van der Waals surface area contributed by atoms with E-state index in [9.17, 15) is 13.2 Å². The molecule has 2 rings (SSSR count). The van der Waals surface area contributed by atoms with E-state index in [0.29, 0.717) is 11.1 Å². The van der Waals surface area contributed by atoms with Gasteiger partial charge in [-0.2, -0.15) is 12.8 Å². The summed E-state index contributed by atoms with van der Waals surface area (Å²) in [5, 5.41) is 0. The van der Waals surface area contributed by atoms with Crippen LogP contribution >= 0.6 is 0 Å². The van der Waals surface area contributed by atoms with Crippen molar-refractivity contribution in [3.8, 4) is 0 Å². The van der Waals surface area contributed by atoms with Crippen LogP contribution in [0.25, 0.3) is 0 Å². The molecular formula is C16H15NO3S. The highest BCUT2D eigenvalue weighted by molar-refractivity contribution is 7.90. The Morgan fingerprint density at radius 3 is 2.10 bits per heavy atom. The van der Waals surface area contributed by atoms with Crippen LogP contribution in [0.15, 0.2) is 57.8 Å². The van der Waals surface area contributed by atoms with E-state index in [4.69, 9.17) is 0 Å². The maximum Gasteiger partial charge on any atom is 0.282 e. The van der Waals surface area contributed by atoms with Gasteiger partial charge >= 0.3 is 0 Å². The zero-order chi connectivity index (χ0) is 15.5. The van der Waals surface area contributed by atoms with Crippen LogP contribution in [0.1, 0.15) is 28.4 Å². The van der Waals surface area contributed by atoms with Gasteiger partial charge in [0, 0.05) is 11.8 Å². The average Bonchev–Trinajstić information content (AvgIpc) is 2.46. The lowest BCUT2D eigenvalue weighted by atomic mass is 10.1. The molecule has 0 amide bonds. The van der Waals surface area contributed by atoms with E-state index in [0.717, 1.165) is 5.56 Å². The minimum absolute atomic E-state index is 0.0363. The van der Waals surface area contributed by atoms with Crippen molar-refractivity contribution < 1.29 is 13.2 Å². The van der Waals surface area contributed by atoms with E-state index < -0.39 is 10.0 Å². The number of ketones is 1. The summed E-state index contributed by atoms with van der Waals surface area (Å²) in [6.07, 6.45) is 1.28. The van der Waals surface area contributed by atoms with Crippen molar-refractivity contribution in [2.75, 3.05) is 0 Å². The fourth-order valence-corrected chi connectivity index (χ4v) is 2.57. The molecule has 0 bridgehead atoms. The number of hydrogen-bond acceptors (Lipinski definition) is 3. The Bertz CT molecular complexity index is 773. The minimum atomic E-state index is -3.70. The lowest BCUT2D eigenvalue weighted by Crippen LogP contribution is -1.98. The summed E-state index contributed by atoms with van der Waals surface area (Å²) in [5.74, 6) is -0.0363. The molecule has 0 aliphatic heterocycles. The molecule has 0 fully saturated rings. The molecule has 0 atom stereocenters. The van der Waals surface area contributed by atoms with Crippen molar-refractivity contribution in [3.05, 3.63) is 65.2 Å². The molecule has 2 aromatic carbocycles. The lowest BCUT2D eigenvalue weighted by Gasteiger charge is -2.00. The SMILES string of the molecule is CC(=O)c1ccc(/C=N/S(=O)(=O)c2ccc(C)cc2)cc1. The van der Waals surface area contributed by atoms with Crippen molar-refractivity contribution in [1.82, 2.24) is 0 Å². The molecule has 0 radical (unpaired) electrons. The molecule has 0 heterocycles. The molecule has 0 spiro atoms. The Morgan fingerprint density at radius 2 is 1.57 bits per heavy atom. The normalized spacial score (nSPS) is 11.7. The van der Waals surface area contributed by atoms with Crippen molar-refractivity contribution in [2.45, 2.75) is 18.7 Å². The Labute approximate surface area is 124 Å². The van der Waals surface area contributed by atoms with Gasteiger partial charge in [0.2, 0.25) is 0 Å². The van der Waals surface area contributed by atoms with Crippen LogP contribution < -0.4 is 0 Å². The van der Waals surface area contributed by atoms with Gasteiger partial charge in [-0.3, -0.25) is 4.79 Å². The van der Waals surface area contributed by atoms with Gasteiger partial charge in [-0.1, -0.05) is 42.0 Å². The summed E-state index contributed by atoms with van der Waals surface area (Å²) in [6, 6.07) is 13.1. The summed E-state index contributed by atoms with van der Waals surface area (Å²) in [7, 11) is -3.70. The summed E-state index contributed by atoms with van der Waals surface area (Å²) in [5.41, 5.74) is 2.18. The van der Waals surface area contributed by atoms with Crippen molar-refractivity contribution >= 4 is 22.0 Å².